The maximum atomic E-state index is 13.4. The summed E-state index contributed by atoms with van der Waals surface area (Å²) in [5.74, 6) is 2.69. The fraction of sp³-hybridized carbons (Fsp3) is 0.917. The molecule has 4 fully saturated rings. The molecule has 1 N–H and O–H groups in total. The van der Waals surface area contributed by atoms with Gasteiger partial charge in [0.25, 0.3) is 0 Å². The zero-order valence-electron chi connectivity index (χ0n) is 18.1. The van der Waals surface area contributed by atoms with Gasteiger partial charge in [-0.25, -0.2) is 0 Å². The molecule has 0 radical (unpaired) electrons. The molecule has 0 aromatic heterocycles. The Balaban J connectivity index is 1.58. The van der Waals surface area contributed by atoms with Crippen LogP contribution >= 0.6 is 0 Å². The van der Waals surface area contributed by atoms with E-state index in [2.05, 4.69) is 20.8 Å². The number of Topliss-reactive ketones (excluding diaryl/α,β-unsaturated/α-hetero) is 1. The average molecular weight is 391 g/mol. The molecular formula is C24H38O4. The minimum atomic E-state index is -0.216. The number of hydrogen-bond acceptors (Lipinski definition) is 4. The summed E-state index contributed by atoms with van der Waals surface area (Å²) in [5, 5.41) is 10.2. The SMILES string of the molecule is COC(=O)C[C@@H](C)[C@H]1CC[C@H]2[C@@H]3C(=O)C[C@@H]4C[C@H](O)CC[C@]4(C)[C@H]3CC[C@]12C. The van der Waals surface area contributed by atoms with Crippen LogP contribution in [-0.4, -0.2) is 30.1 Å². The third-order valence-electron chi connectivity index (χ3n) is 9.92. The Morgan fingerprint density at radius 1 is 1.14 bits per heavy atom. The van der Waals surface area contributed by atoms with E-state index >= 15 is 0 Å². The molecule has 0 amide bonds. The van der Waals surface area contributed by atoms with Gasteiger partial charge in [-0.1, -0.05) is 20.8 Å². The molecule has 9 atom stereocenters. The normalized spacial score (nSPS) is 49.0. The van der Waals surface area contributed by atoms with Crippen molar-refractivity contribution in [2.24, 2.45) is 46.3 Å². The first-order chi connectivity index (χ1) is 13.2. The van der Waals surface area contributed by atoms with Gasteiger partial charge >= 0.3 is 5.97 Å². The highest BCUT2D eigenvalue weighted by atomic mass is 16.5. The standard InChI is InChI=1S/C24H38O4/c1-14(11-21(27)28-4)17-5-6-18-22-19(8-10-24(17,18)3)23(2)9-7-16(25)12-15(23)13-20(22)26/h14-19,22,25H,5-13H2,1-4H3/t14-,15+,16-,17-,18+,19+,22+,23+,24-/m1/s1. The molecular weight excluding hydrogens is 352 g/mol. The molecule has 0 bridgehead atoms. The molecule has 0 aliphatic heterocycles. The number of ketones is 1. The van der Waals surface area contributed by atoms with Crippen molar-refractivity contribution >= 4 is 11.8 Å². The molecule has 0 aromatic carbocycles. The van der Waals surface area contributed by atoms with Gasteiger partial charge < -0.3 is 9.84 Å². The number of esters is 1. The molecule has 4 rings (SSSR count). The van der Waals surface area contributed by atoms with Crippen molar-refractivity contribution < 1.29 is 19.4 Å². The van der Waals surface area contributed by atoms with Crippen LogP contribution in [0.1, 0.15) is 78.6 Å². The summed E-state index contributed by atoms with van der Waals surface area (Å²) >= 11 is 0. The van der Waals surface area contributed by atoms with Crippen LogP contribution in [0.2, 0.25) is 0 Å². The number of fused-ring (bicyclic) bond motifs is 5. The molecule has 0 saturated heterocycles. The predicted molar refractivity (Wildman–Crippen MR) is 107 cm³/mol. The first-order valence-electron chi connectivity index (χ1n) is 11.5. The first kappa shape index (κ1) is 20.4. The van der Waals surface area contributed by atoms with E-state index < -0.39 is 0 Å². The molecule has 4 aliphatic carbocycles. The molecule has 4 heteroatoms. The number of hydrogen-bond donors (Lipinski definition) is 1. The fourth-order valence-electron chi connectivity index (χ4n) is 8.37. The van der Waals surface area contributed by atoms with Gasteiger partial charge in [0.15, 0.2) is 0 Å². The van der Waals surface area contributed by atoms with Gasteiger partial charge in [0.2, 0.25) is 0 Å². The Labute approximate surface area is 169 Å². The van der Waals surface area contributed by atoms with Gasteiger partial charge in [-0.2, -0.15) is 0 Å². The minimum absolute atomic E-state index is 0.113. The second-order valence-electron chi connectivity index (χ2n) is 11.0. The molecule has 158 valence electrons. The maximum Gasteiger partial charge on any atom is 0.305 e. The van der Waals surface area contributed by atoms with Crippen molar-refractivity contribution in [1.82, 2.24) is 0 Å². The van der Waals surface area contributed by atoms with Crippen LogP contribution in [0.15, 0.2) is 0 Å². The van der Waals surface area contributed by atoms with Crippen LogP contribution in [0.3, 0.4) is 0 Å². The van der Waals surface area contributed by atoms with Crippen molar-refractivity contribution in [2.75, 3.05) is 7.11 Å². The molecule has 4 saturated carbocycles. The number of rotatable bonds is 3. The molecule has 28 heavy (non-hydrogen) atoms. The summed E-state index contributed by atoms with van der Waals surface area (Å²) in [5.41, 5.74) is 0.385. The smallest absolute Gasteiger partial charge is 0.305 e. The summed E-state index contributed by atoms with van der Waals surface area (Å²) in [7, 11) is 1.47. The van der Waals surface area contributed by atoms with E-state index in [0.717, 1.165) is 38.5 Å². The third kappa shape index (κ3) is 2.97. The van der Waals surface area contributed by atoms with Crippen molar-refractivity contribution in [3.8, 4) is 0 Å². The van der Waals surface area contributed by atoms with Gasteiger partial charge in [0, 0.05) is 18.8 Å². The van der Waals surface area contributed by atoms with Crippen LogP contribution in [0, 0.1) is 46.3 Å². The first-order valence-corrected chi connectivity index (χ1v) is 11.5. The van der Waals surface area contributed by atoms with Crippen molar-refractivity contribution in [3.05, 3.63) is 0 Å². The van der Waals surface area contributed by atoms with E-state index in [1.165, 1.54) is 13.5 Å². The zero-order valence-corrected chi connectivity index (χ0v) is 18.1. The van der Waals surface area contributed by atoms with Crippen molar-refractivity contribution in [3.63, 3.8) is 0 Å². The van der Waals surface area contributed by atoms with Gasteiger partial charge in [0.05, 0.1) is 13.2 Å². The van der Waals surface area contributed by atoms with Crippen LogP contribution in [0.5, 0.6) is 0 Å². The lowest BCUT2D eigenvalue weighted by Gasteiger charge is -2.60. The van der Waals surface area contributed by atoms with Gasteiger partial charge in [-0.3, -0.25) is 9.59 Å². The van der Waals surface area contributed by atoms with Crippen LogP contribution < -0.4 is 0 Å². The minimum Gasteiger partial charge on any atom is -0.469 e. The van der Waals surface area contributed by atoms with E-state index in [9.17, 15) is 14.7 Å². The van der Waals surface area contributed by atoms with E-state index in [0.29, 0.717) is 48.2 Å². The lowest BCUT2D eigenvalue weighted by molar-refractivity contribution is -0.161. The number of aliphatic hydroxyl groups is 1. The van der Waals surface area contributed by atoms with Crippen molar-refractivity contribution in [2.45, 2.75) is 84.7 Å². The Morgan fingerprint density at radius 3 is 2.54 bits per heavy atom. The summed E-state index contributed by atoms with van der Waals surface area (Å²) in [4.78, 5) is 25.2. The number of carbonyl (C=O) groups excluding carboxylic acids is 2. The average Bonchev–Trinajstić information content (AvgIpc) is 3.00. The largest absolute Gasteiger partial charge is 0.469 e. The Bertz CT molecular complexity index is 645. The highest BCUT2D eigenvalue weighted by Crippen LogP contribution is 2.67. The second-order valence-corrected chi connectivity index (χ2v) is 11.0. The zero-order chi connectivity index (χ0) is 20.3. The predicted octanol–water partition coefficient (Wildman–Crippen LogP) is 4.38. The number of methoxy groups -OCH3 is 1. The van der Waals surface area contributed by atoms with Gasteiger partial charge in [0.1, 0.15) is 5.78 Å². The molecule has 0 heterocycles. The molecule has 4 nitrogen and oxygen atoms in total. The van der Waals surface area contributed by atoms with E-state index in [1.54, 1.807) is 0 Å². The highest BCUT2D eigenvalue weighted by molar-refractivity contribution is 5.83. The number of ether oxygens (including phenoxy) is 1. The summed E-state index contributed by atoms with van der Waals surface area (Å²) < 4.78 is 4.92. The summed E-state index contributed by atoms with van der Waals surface area (Å²) in [6, 6.07) is 0. The molecule has 0 spiro atoms. The Morgan fingerprint density at radius 2 is 1.82 bits per heavy atom. The second kappa shape index (κ2) is 7.11. The number of carbonyl (C=O) groups is 2. The number of aliphatic hydroxyl groups excluding tert-OH is 1. The van der Waals surface area contributed by atoms with E-state index in [1.807, 2.05) is 0 Å². The lowest BCUT2D eigenvalue weighted by Crippen LogP contribution is -2.57. The molecule has 0 aromatic rings. The summed E-state index contributed by atoms with van der Waals surface area (Å²) in [6.07, 6.45) is 8.29. The maximum absolute atomic E-state index is 13.4. The van der Waals surface area contributed by atoms with Crippen LogP contribution in [0.4, 0.5) is 0 Å². The fourth-order valence-corrected chi connectivity index (χ4v) is 8.37. The van der Waals surface area contributed by atoms with Crippen molar-refractivity contribution in [1.29, 1.82) is 0 Å². The Kier molecular flexibility index (Phi) is 5.17. The highest BCUT2D eigenvalue weighted by Gasteiger charge is 2.63. The van der Waals surface area contributed by atoms with Crippen LogP contribution in [-0.2, 0) is 14.3 Å². The third-order valence-corrected chi connectivity index (χ3v) is 9.92. The Hall–Kier alpha value is -0.900. The van der Waals surface area contributed by atoms with Crippen LogP contribution in [0.25, 0.3) is 0 Å². The molecule has 0 unspecified atom stereocenters. The van der Waals surface area contributed by atoms with E-state index in [4.69, 9.17) is 4.74 Å². The lowest BCUT2D eigenvalue weighted by atomic mass is 9.44. The topological polar surface area (TPSA) is 63.6 Å². The van der Waals surface area contributed by atoms with E-state index in [-0.39, 0.29) is 28.8 Å². The summed E-state index contributed by atoms with van der Waals surface area (Å²) in [6.45, 7) is 7.03. The quantitative estimate of drug-likeness (QED) is 0.726. The van der Waals surface area contributed by atoms with Gasteiger partial charge in [-0.05, 0) is 85.4 Å². The van der Waals surface area contributed by atoms with Gasteiger partial charge in [-0.15, -0.1) is 0 Å². The monoisotopic (exact) mass is 390 g/mol. The molecule has 4 aliphatic rings.